The number of carbonyl (C=O) groups is 1. The summed E-state index contributed by atoms with van der Waals surface area (Å²) < 4.78 is 1.32. The number of pyridine rings is 1. The van der Waals surface area contributed by atoms with Crippen molar-refractivity contribution in [1.29, 1.82) is 0 Å². The van der Waals surface area contributed by atoms with E-state index in [1.165, 1.54) is 10.6 Å². The number of rotatable bonds is 2. The highest BCUT2D eigenvalue weighted by Gasteiger charge is 2.14. The third-order valence-corrected chi connectivity index (χ3v) is 2.70. The molecule has 0 atom stereocenters. The van der Waals surface area contributed by atoms with Gasteiger partial charge in [0.2, 0.25) is 0 Å². The lowest BCUT2D eigenvalue weighted by atomic mass is 10.2. The second-order valence-electron chi connectivity index (χ2n) is 4.10. The van der Waals surface area contributed by atoms with Gasteiger partial charge in [0, 0.05) is 12.3 Å². The Bertz CT molecular complexity index is 765. The molecule has 6 heteroatoms. The van der Waals surface area contributed by atoms with E-state index in [-0.39, 0.29) is 5.69 Å². The Morgan fingerprint density at radius 2 is 2.11 bits per heavy atom. The number of aromatic nitrogens is 4. The van der Waals surface area contributed by atoms with Gasteiger partial charge in [0.25, 0.3) is 0 Å². The van der Waals surface area contributed by atoms with Crippen molar-refractivity contribution in [2.75, 3.05) is 0 Å². The lowest BCUT2D eigenvalue weighted by Gasteiger charge is -2.04. The maximum atomic E-state index is 11.3. The van der Waals surface area contributed by atoms with Crippen molar-refractivity contribution in [2.24, 2.45) is 0 Å². The van der Waals surface area contributed by atoms with Gasteiger partial charge in [-0.15, -0.1) is 0 Å². The quantitative estimate of drug-likeness (QED) is 0.754. The number of aromatic carboxylic acids is 1. The predicted octanol–water partition coefficient (Wildman–Crippen LogP) is 1.80. The fraction of sp³-hybridized carbons (Fsp3) is 0.0769. The summed E-state index contributed by atoms with van der Waals surface area (Å²) in [6.45, 7) is 1.79. The molecule has 1 N–H and O–H groups in total. The van der Waals surface area contributed by atoms with Crippen molar-refractivity contribution in [3.05, 3.63) is 47.9 Å². The molecule has 19 heavy (non-hydrogen) atoms. The number of carboxylic acid groups (broad SMARTS) is 1. The van der Waals surface area contributed by atoms with Crippen molar-refractivity contribution in [3.63, 3.8) is 0 Å². The molecular weight excluding hydrogens is 244 g/mol. The van der Waals surface area contributed by atoms with Gasteiger partial charge >= 0.3 is 5.97 Å². The fourth-order valence-electron chi connectivity index (χ4n) is 1.89. The van der Waals surface area contributed by atoms with E-state index >= 15 is 0 Å². The number of aryl methyl sites for hydroxylation is 1. The van der Waals surface area contributed by atoms with Gasteiger partial charge in [-0.1, -0.05) is 6.07 Å². The lowest BCUT2D eigenvalue weighted by molar-refractivity contribution is 0.0687. The summed E-state index contributed by atoms with van der Waals surface area (Å²) in [7, 11) is 0. The summed E-state index contributed by atoms with van der Waals surface area (Å²) in [5.74, 6) is -1.05. The number of fused-ring (bicyclic) bond motifs is 1. The summed E-state index contributed by atoms with van der Waals surface area (Å²) in [6.07, 6.45) is 1.64. The van der Waals surface area contributed by atoms with Crippen molar-refractivity contribution in [2.45, 2.75) is 6.92 Å². The standard InChI is InChI=1S/C13H10N4O2/c1-8-6-12-15-10(9-4-2-3-5-14-9)7-11(13(18)19)17(12)16-8/h2-7H,1H3,(H,18,19). The monoisotopic (exact) mass is 254 g/mol. The first kappa shape index (κ1) is 11.3. The van der Waals surface area contributed by atoms with Crippen LogP contribution < -0.4 is 0 Å². The van der Waals surface area contributed by atoms with Crippen LogP contribution in [0.15, 0.2) is 36.5 Å². The van der Waals surface area contributed by atoms with Crippen LogP contribution in [0.4, 0.5) is 0 Å². The number of hydrogen-bond acceptors (Lipinski definition) is 4. The van der Waals surface area contributed by atoms with E-state index in [0.29, 0.717) is 22.7 Å². The summed E-state index contributed by atoms with van der Waals surface area (Å²) in [6, 6.07) is 8.62. The maximum absolute atomic E-state index is 11.3. The Morgan fingerprint density at radius 3 is 2.79 bits per heavy atom. The lowest BCUT2D eigenvalue weighted by Crippen LogP contribution is -2.08. The fourth-order valence-corrected chi connectivity index (χ4v) is 1.89. The van der Waals surface area contributed by atoms with Gasteiger partial charge in [-0.3, -0.25) is 4.98 Å². The third kappa shape index (κ3) is 1.93. The van der Waals surface area contributed by atoms with Gasteiger partial charge in [-0.05, 0) is 25.1 Å². The molecule has 0 aliphatic heterocycles. The molecule has 3 aromatic rings. The van der Waals surface area contributed by atoms with E-state index in [2.05, 4.69) is 15.1 Å². The maximum Gasteiger partial charge on any atom is 0.354 e. The molecule has 0 unspecified atom stereocenters. The Morgan fingerprint density at radius 1 is 1.26 bits per heavy atom. The zero-order valence-electron chi connectivity index (χ0n) is 10.1. The molecule has 0 saturated carbocycles. The molecule has 0 amide bonds. The topological polar surface area (TPSA) is 80.4 Å². The average molecular weight is 254 g/mol. The predicted molar refractivity (Wildman–Crippen MR) is 67.9 cm³/mol. The van der Waals surface area contributed by atoms with Crippen molar-refractivity contribution in [1.82, 2.24) is 19.6 Å². The number of hydrogen-bond donors (Lipinski definition) is 1. The SMILES string of the molecule is Cc1cc2nc(-c3ccccn3)cc(C(=O)O)n2n1. The van der Waals surface area contributed by atoms with E-state index in [0.717, 1.165) is 0 Å². The smallest absolute Gasteiger partial charge is 0.354 e. The number of carboxylic acids is 1. The van der Waals surface area contributed by atoms with Crippen molar-refractivity contribution in [3.8, 4) is 11.4 Å². The second kappa shape index (κ2) is 4.16. The van der Waals surface area contributed by atoms with Crippen molar-refractivity contribution < 1.29 is 9.90 Å². The zero-order valence-corrected chi connectivity index (χ0v) is 10.1. The molecule has 0 aromatic carbocycles. The first-order valence-corrected chi connectivity index (χ1v) is 5.67. The molecule has 3 heterocycles. The van der Waals surface area contributed by atoms with Crippen LogP contribution in [-0.4, -0.2) is 30.7 Å². The van der Waals surface area contributed by atoms with E-state index in [4.69, 9.17) is 0 Å². The molecule has 0 spiro atoms. The van der Waals surface area contributed by atoms with Crippen LogP contribution >= 0.6 is 0 Å². The number of nitrogens with zero attached hydrogens (tertiary/aromatic N) is 4. The van der Waals surface area contributed by atoms with Gasteiger partial charge in [0.05, 0.1) is 17.1 Å². The molecule has 6 nitrogen and oxygen atoms in total. The van der Waals surface area contributed by atoms with Crippen LogP contribution in [0.1, 0.15) is 16.2 Å². The van der Waals surface area contributed by atoms with Gasteiger partial charge in [0.1, 0.15) is 0 Å². The molecule has 3 aromatic heterocycles. The van der Waals surface area contributed by atoms with Crippen LogP contribution in [0.25, 0.3) is 17.0 Å². The molecule has 94 valence electrons. The van der Waals surface area contributed by atoms with Gasteiger partial charge < -0.3 is 5.11 Å². The Balaban J connectivity index is 2.30. The minimum Gasteiger partial charge on any atom is -0.477 e. The highest BCUT2D eigenvalue weighted by Crippen LogP contribution is 2.18. The molecule has 0 aliphatic carbocycles. The van der Waals surface area contributed by atoms with Crippen LogP contribution in [0, 0.1) is 6.92 Å². The molecular formula is C13H10N4O2. The van der Waals surface area contributed by atoms with Crippen LogP contribution in [0.5, 0.6) is 0 Å². The molecule has 0 aliphatic rings. The van der Waals surface area contributed by atoms with Gasteiger partial charge in [-0.2, -0.15) is 5.10 Å². The third-order valence-electron chi connectivity index (χ3n) is 2.70. The van der Waals surface area contributed by atoms with Crippen LogP contribution in [0.3, 0.4) is 0 Å². The van der Waals surface area contributed by atoms with Crippen molar-refractivity contribution >= 4 is 11.6 Å². The minimum atomic E-state index is -1.05. The second-order valence-corrected chi connectivity index (χ2v) is 4.10. The molecule has 3 rings (SSSR count). The first-order chi connectivity index (χ1) is 9.15. The Labute approximate surface area is 108 Å². The van der Waals surface area contributed by atoms with E-state index < -0.39 is 5.97 Å². The zero-order chi connectivity index (χ0) is 13.4. The highest BCUT2D eigenvalue weighted by molar-refractivity contribution is 5.87. The molecule has 0 bridgehead atoms. The van der Waals surface area contributed by atoms with E-state index in [9.17, 15) is 9.90 Å². The Hall–Kier alpha value is -2.76. The average Bonchev–Trinajstić information content (AvgIpc) is 2.78. The minimum absolute atomic E-state index is 0.0683. The largest absolute Gasteiger partial charge is 0.477 e. The normalized spacial score (nSPS) is 10.8. The molecule has 0 saturated heterocycles. The molecule has 0 radical (unpaired) electrons. The molecule has 0 fully saturated rings. The van der Waals surface area contributed by atoms with E-state index in [1.54, 1.807) is 31.3 Å². The first-order valence-electron chi connectivity index (χ1n) is 5.67. The Kier molecular flexibility index (Phi) is 2.49. The van der Waals surface area contributed by atoms with Gasteiger partial charge in [-0.25, -0.2) is 14.3 Å². The van der Waals surface area contributed by atoms with Crippen LogP contribution in [0.2, 0.25) is 0 Å². The van der Waals surface area contributed by atoms with Gasteiger partial charge in [0.15, 0.2) is 11.3 Å². The summed E-state index contributed by atoms with van der Waals surface area (Å²) in [5.41, 5.74) is 2.43. The summed E-state index contributed by atoms with van der Waals surface area (Å²) >= 11 is 0. The van der Waals surface area contributed by atoms with E-state index in [1.807, 2.05) is 6.07 Å². The summed E-state index contributed by atoms with van der Waals surface area (Å²) in [5, 5.41) is 13.4. The van der Waals surface area contributed by atoms with Crippen LogP contribution in [-0.2, 0) is 0 Å². The summed E-state index contributed by atoms with van der Waals surface area (Å²) in [4.78, 5) is 19.9. The highest BCUT2D eigenvalue weighted by atomic mass is 16.4.